The molecular formula is C20H16F2N4O2. The van der Waals surface area contributed by atoms with Crippen molar-refractivity contribution in [3.63, 3.8) is 0 Å². The summed E-state index contributed by atoms with van der Waals surface area (Å²) < 4.78 is 28.8. The first-order valence-corrected chi connectivity index (χ1v) is 8.41. The lowest BCUT2D eigenvalue weighted by Gasteiger charge is -2.16. The molecule has 4 N–H and O–H groups in total. The molecule has 0 radical (unpaired) electrons. The Labute approximate surface area is 158 Å². The minimum Gasteiger partial charge on any atom is -0.357 e. The predicted molar refractivity (Wildman–Crippen MR) is 104 cm³/mol. The number of H-pyrrole nitrogens is 1. The first-order valence-electron chi connectivity index (χ1n) is 8.41. The van der Waals surface area contributed by atoms with Crippen LogP contribution in [0.5, 0.6) is 0 Å². The van der Waals surface area contributed by atoms with Crippen LogP contribution in [0.25, 0.3) is 22.0 Å². The number of halogens is 2. The Morgan fingerprint density at radius 3 is 2.57 bits per heavy atom. The van der Waals surface area contributed by atoms with E-state index in [2.05, 4.69) is 15.8 Å². The second-order valence-corrected chi connectivity index (χ2v) is 6.35. The third-order valence-corrected chi connectivity index (χ3v) is 4.53. The molecule has 2 aromatic heterocycles. The highest BCUT2D eigenvalue weighted by molar-refractivity contribution is 5.99. The zero-order valence-electron chi connectivity index (χ0n) is 14.8. The van der Waals surface area contributed by atoms with Crippen molar-refractivity contribution in [3.8, 4) is 11.1 Å². The summed E-state index contributed by atoms with van der Waals surface area (Å²) in [6.07, 6.45) is 3.33. The fraction of sp³-hybridized carbons (Fsp3) is 0.0500. The number of aryl methyl sites for hydroxylation is 1. The van der Waals surface area contributed by atoms with Gasteiger partial charge in [0.05, 0.1) is 11.4 Å². The molecule has 0 bridgehead atoms. The average Bonchev–Trinajstić information content (AvgIpc) is 3.17. The summed E-state index contributed by atoms with van der Waals surface area (Å²) in [7, 11) is 1.63. The van der Waals surface area contributed by atoms with Gasteiger partial charge in [0.1, 0.15) is 17.2 Å². The fourth-order valence-electron chi connectivity index (χ4n) is 3.17. The summed E-state index contributed by atoms with van der Waals surface area (Å²) in [5, 5.41) is 12.9. The summed E-state index contributed by atoms with van der Waals surface area (Å²) in [4.78, 5) is 15.3. The van der Waals surface area contributed by atoms with E-state index in [0.29, 0.717) is 33.4 Å². The van der Waals surface area contributed by atoms with Crippen LogP contribution < -0.4 is 16.4 Å². The second kappa shape index (κ2) is 6.82. The van der Waals surface area contributed by atoms with E-state index in [1.54, 1.807) is 43.7 Å². The van der Waals surface area contributed by atoms with E-state index in [-0.39, 0.29) is 11.2 Å². The van der Waals surface area contributed by atoms with Gasteiger partial charge in [0.25, 0.3) is 5.56 Å². The van der Waals surface area contributed by atoms with Gasteiger partial charge in [-0.2, -0.15) is 0 Å². The first-order chi connectivity index (χ1) is 13.5. The molecule has 142 valence electrons. The molecule has 0 saturated heterocycles. The molecule has 2 heterocycles. The van der Waals surface area contributed by atoms with Gasteiger partial charge < -0.3 is 14.9 Å². The summed E-state index contributed by atoms with van der Waals surface area (Å²) in [6.45, 7) is 0. The molecule has 0 aliphatic rings. The summed E-state index contributed by atoms with van der Waals surface area (Å²) in [5.74, 6) is -1.40. The molecule has 0 saturated carbocycles. The van der Waals surface area contributed by atoms with Gasteiger partial charge in [0.2, 0.25) is 0 Å². The smallest absolute Gasteiger partial charge is 0.274 e. The molecule has 4 aromatic rings. The molecule has 0 fully saturated rings. The molecule has 2 aromatic carbocycles. The molecule has 6 nitrogen and oxygen atoms in total. The van der Waals surface area contributed by atoms with Crippen LogP contribution in [-0.4, -0.2) is 14.8 Å². The highest BCUT2D eigenvalue weighted by Gasteiger charge is 2.15. The fourth-order valence-corrected chi connectivity index (χ4v) is 3.17. The summed E-state index contributed by atoms with van der Waals surface area (Å²) >= 11 is 0. The first kappa shape index (κ1) is 17.7. The van der Waals surface area contributed by atoms with E-state index in [1.165, 1.54) is 10.6 Å². The number of nitrogens with zero attached hydrogens (tertiary/aromatic N) is 1. The van der Waals surface area contributed by atoms with Crippen molar-refractivity contribution in [2.75, 3.05) is 10.8 Å². The Hall–Kier alpha value is -3.65. The maximum Gasteiger partial charge on any atom is 0.274 e. The van der Waals surface area contributed by atoms with Crippen molar-refractivity contribution < 1.29 is 14.0 Å². The zero-order valence-corrected chi connectivity index (χ0v) is 14.8. The van der Waals surface area contributed by atoms with Crippen LogP contribution in [0.15, 0.2) is 59.7 Å². The second-order valence-electron chi connectivity index (χ2n) is 6.35. The number of aromatic amines is 1. The van der Waals surface area contributed by atoms with Gasteiger partial charge in [-0.1, -0.05) is 0 Å². The van der Waals surface area contributed by atoms with Gasteiger partial charge in [-0.25, -0.2) is 8.78 Å². The van der Waals surface area contributed by atoms with Crippen molar-refractivity contribution in [3.05, 3.63) is 76.8 Å². The molecule has 28 heavy (non-hydrogen) atoms. The molecular weight excluding hydrogens is 366 g/mol. The molecule has 4 rings (SSSR count). The van der Waals surface area contributed by atoms with Gasteiger partial charge >= 0.3 is 0 Å². The highest BCUT2D eigenvalue weighted by atomic mass is 19.1. The summed E-state index contributed by atoms with van der Waals surface area (Å²) in [5.41, 5.74) is 4.68. The molecule has 0 atom stereocenters. The average molecular weight is 382 g/mol. The van der Waals surface area contributed by atoms with Gasteiger partial charge in [0.15, 0.2) is 0 Å². The monoisotopic (exact) mass is 382 g/mol. The van der Waals surface area contributed by atoms with E-state index in [1.807, 2.05) is 0 Å². The standard InChI is InChI=1S/C20H16F2N4O2/c1-26-10-15(13-6-7-23-19(13)20(26)27)14-9-12(25-28)3-5-17(14)24-18-4-2-11(21)8-16(18)22/h2-10,23-25,28H,1H3. The van der Waals surface area contributed by atoms with Gasteiger partial charge in [-0.05, 0) is 36.4 Å². The Morgan fingerprint density at radius 1 is 1.04 bits per heavy atom. The van der Waals surface area contributed by atoms with Crippen LogP contribution in [0.2, 0.25) is 0 Å². The lowest BCUT2D eigenvalue weighted by Crippen LogP contribution is -2.16. The van der Waals surface area contributed by atoms with Crippen LogP contribution in [0.1, 0.15) is 0 Å². The van der Waals surface area contributed by atoms with Crippen LogP contribution in [0.3, 0.4) is 0 Å². The SMILES string of the molecule is Cn1cc(-c2cc(NO)ccc2Nc2ccc(F)cc2F)c2cc[nH]c2c1=O. The van der Waals surface area contributed by atoms with E-state index in [0.717, 1.165) is 12.1 Å². The highest BCUT2D eigenvalue weighted by Crippen LogP contribution is 2.36. The predicted octanol–water partition coefficient (Wildman–Crippen LogP) is 4.36. The van der Waals surface area contributed by atoms with E-state index in [4.69, 9.17) is 0 Å². The van der Waals surface area contributed by atoms with E-state index < -0.39 is 11.6 Å². The third kappa shape index (κ3) is 2.99. The minimum atomic E-state index is -0.734. The Balaban J connectivity index is 1.93. The van der Waals surface area contributed by atoms with Crippen molar-refractivity contribution in [2.45, 2.75) is 0 Å². The number of hydrogen-bond acceptors (Lipinski definition) is 4. The van der Waals surface area contributed by atoms with Crippen molar-refractivity contribution in [2.24, 2.45) is 7.05 Å². The van der Waals surface area contributed by atoms with E-state index >= 15 is 0 Å². The topological polar surface area (TPSA) is 82.1 Å². The number of pyridine rings is 1. The number of fused-ring (bicyclic) bond motifs is 1. The zero-order chi connectivity index (χ0) is 19.8. The maximum atomic E-state index is 14.1. The van der Waals surface area contributed by atoms with Gasteiger partial charge in [-0.3, -0.25) is 15.5 Å². The van der Waals surface area contributed by atoms with Crippen molar-refractivity contribution in [1.82, 2.24) is 9.55 Å². The van der Waals surface area contributed by atoms with Crippen LogP contribution in [-0.2, 0) is 7.05 Å². The molecule has 0 unspecified atom stereocenters. The van der Waals surface area contributed by atoms with Crippen molar-refractivity contribution >= 4 is 28.0 Å². The van der Waals surface area contributed by atoms with Crippen molar-refractivity contribution in [1.29, 1.82) is 0 Å². The van der Waals surface area contributed by atoms with Crippen LogP contribution in [0, 0.1) is 11.6 Å². The molecule has 0 aliphatic carbocycles. The molecule has 0 amide bonds. The number of rotatable bonds is 4. The normalized spacial score (nSPS) is 11.0. The third-order valence-electron chi connectivity index (χ3n) is 4.53. The van der Waals surface area contributed by atoms with Gasteiger partial charge in [-0.15, -0.1) is 0 Å². The molecule has 0 aliphatic heterocycles. The molecule has 8 heteroatoms. The minimum absolute atomic E-state index is 0.0995. The number of anilines is 3. The largest absolute Gasteiger partial charge is 0.357 e. The number of benzene rings is 2. The quantitative estimate of drug-likeness (QED) is 0.396. The Morgan fingerprint density at radius 2 is 1.82 bits per heavy atom. The Bertz CT molecular complexity index is 1250. The summed E-state index contributed by atoms with van der Waals surface area (Å²) in [6, 6.07) is 9.94. The van der Waals surface area contributed by atoms with Gasteiger partial charge in [0, 0.05) is 47.7 Å². The number of aromatic nitrogens is 2. The maximum absolute atomic E-state index is 14.1. The van der Waals surface area contributed by atoms with Crippen LogP contribution >= 0.6 is 0 Å². The van der Waals surface area contributed by atoms with Crippen LogP contribution in [0.4, 0.5) is 25.8 Å². The Kier molecular flexibility index (Phi) is 4.32. The number of hydrogen-bond donors (Lipinski definition) is 4. The van der Waals surface area contributed by atoms with E-state index in [9.17, 15) is 18.8 Å². The molecule has 0 spiro atoms. The number of nitrogens with one attached hydrogen (secondary N) is 3. The lowest BCUT2D eigenvalue weighted by molar-refractivity contribution is 0.389. The lowest BCUT2D eigenvalue weighted by atomic mass is 10.0.